The van der Waals surface area contributed by atoms with E-state index in [4.69, 9.17) is 14.2 Å². The molecule has 0 radical (unpaired) electrons. The first-order valence-electron chi connectivity index (χ1n) is 7.91. The number of hydrogen-bond acceptors (Lipinski definition) is 4. The largest absolute Gasteiger partial charge is 0.493 e. The van der Waals surface area contributed by atoms with Crippen LogP contribution in [0.15, 0.2) is 18.2 Å². The highest BCUT2D eigenvalue weighted by atomic mass is 16.5. The lowest BCUT2D eigenvalue weighted by Crippen LogP contribution is -2.16. The molecule has 2 rings (SSSR count). The van der Waals surface area contributed by atoms with Gasteiger partial charge in [-0.25, -0.2) is 0 Å². The fourth-order valence-corrected chi connectivity index (χ4v) is 2.16. The zero-order valence-electron chi connectivity index (χ0n) is 13.2. The van der Waals surface area contributed by atoms with Crippen molar-refractivity contribution in [3.63, 3.8) is 0 Å². The number of benzene rings is 1. The Morgan fingerprint density at radius 3 is 2.81 bits per heavy atom. The molecule has 1 N–H and O–H groups in total. The van der Waals surface area contributed by atoms with E-state index >= 15 is 0 Å². The van der Waals surface area contributed by atoms with Gasteiger partial charge in [0.05, 0.1) is 13.7 Å². The van der Waals surface area contributed by atoms with Gasteiger partial charge in [0.25, 0.3) is 0 Å². The van der Waals surface area contributed by atoms with Crippen LogP contribution in [-0.2, 0) is 11.3 Å². The average Bonchev–Trinajstić information content (AvgIpc) is 3.32. The Morgan fingerprint density at radius 2 is 2.10 bits per heavy atom. The molecule has 0 unspecified atom stereocenters. The standard InChI is InChI=1S/C17H27NO3/c1-3-21-16-8-7-15(11-17(16)19-2)12-18-9-4-10-20-13-14-5-6-14/h7-8,11,14,18H,3-6,9-10,12-13H2,1-2H3. The summed E-state index contributed by atoms with van der Waals surface area (Å²) < 4.78 is 16.5. The average molecular weight is 293 g/mol. The van der Waals surface area contributed by atoms with Gasteiger partial charge in [0, 0.05) is 19.8 Å². The third kappa shape index (κ3) is 5.94. The van der Waals surface area contributed by atoms with Crippen molar-refractivity contribution in [3.05, 3.63) is 23.8 Å². The highest BCUT2D eigenvalue weighted by Gasteiger charge is 2.20. The number of ether oxygens (including phenoxy) is 3. The van der Waals surface area contributed by atoms with Crippen LogP contribution in [0.5, 0.6) is 11.5 Å². The van der Waals surface area contributed by atoms with E-state index in [0.29, 0.717) is 6.61 Å². The molecule has 0 aromatic heterocycles. The first kappa shape index (κ1) is 16.1. The van der Waals surface area contributed by atoms with Crippen LogP contribution in [0.3, 0.4) is 0 Å². The molecule has 1 saturated carbocycles. The molecule has 4 heteroatoms. The Labute approximate surface area is 127 Å². The van der Waals surface area contributed by atoms with E-state index in [1.165, 1.54) is 18.4 Å². The van der Waals surface area contributed by atoms with Crippen molar-refractivity contribution in [2.75, 3.05) is 33.5 Å². The van der Waals surface area contributed by atoms with Crippen molar-refractivity contribution in [1.29, 1.82) is 0 Å². The molecule has 0 saturated heterocycles. The first-order chi connectivity index (χ1) is 10.3. The monoisotopic (exact) mass is 293 g/mol. The zero-order chi connectivity index (χ0) is 14.9. The first-order valence-corrected chi connectivity index (χ1v) is 7.91. The zero-order valence-corrected chi connectivity index (χ0v) is 13.2. The summed E-state index contributed by atoms with van der Waals surface area (Å²) in [6, 6.07) is 6.07. The molecule has 1 aromatic rings. The van der Waals surface area contributed by atoms with Crippen molar-refractivity contribution < 1.29 is 14.2 Å². The highest BCUT2D eigenvalue weighted by molar-refractivity contribution is 5.42. The van der Waals surface area contributed by atoms with Gasteiger partial charge in [0.2, 0.25) is 0 Å². The quantitative estimate of drug-likeness (QED) is 0.637. The summed E-state index contributed by atoms with van der Waals surface area (Å²) in [5.41, 5.74) is 1.20. The smallest absolute Gasteiger partial charge is 0.161 e. The van der Waals surface area contributed by atoms with Gasteiger partial charge in [0.15, 0.2) is 11.5 Å². The second-order valence-corrected chi connectivity index (χ2v) is 5.47. The molecule has 21 heavy (non-hydrogen) atoms. The van der Waals surface area contributed by atoms with Gasteiger partial charge in [-0.05, 0) is 56.3 Å². The predicted octanol–water partition coefficient (Wildman–Crippen LogP) is 3.00. The van der Waals surface area contributed by atoms with E-state index in [9.17, 15) is 0 Å². The molecule has 0 atom stereocenters. The number of nitrogens with one attached hydrogen (secondary N) is 1. The maximum absolute atomic E-state index is 5.61. The molecule has 1 aromatic carbocycles. The minimum Gasteiger partial charge on any atom is -0.493 e. The molecule has 0 aliphatic heterocycles. The van der Waals surface area contributed by atoms with Crippen LogP contribution in [0.1, 0.15) is 31.7 Å². The number of methoxy groups -OCH3 is 1. The van der Waals surface area contributed by atoms with Crippen molar-refractivity contribution >= 4 is 0 Å². The summed E-state index contributed by atoms with van der Waals surface area (Å²) in [5, 5.41) is 3.43. The summed E-state index contributed by atoms with van der Waals surface area (Å²) >= 11 is 0. The van der Waals surface area contributed by atoms with Crippen LogP contribution in [0, 0.1) is 5.92 Å². The Balaban J connectivity index is 1.62. The number of rotatable bonds is 11. The summed E-state index contributed by atoms with van der Waals surface area (Å²) in [6.07, 6.45) is 3.77. The topological polar surface area (TPSA) is 39.7 Å². The fourth-order valence-electron chi connectivity index (χ4n) is 2.16. The lowest BCUT2D eigenvalue weighted by molar-refractivity contribution is 0.122. The molecule has 0 bridgehead atoms. The Morgan fingerprint density at radius 1 is 1.24 bits per heavy atom. The summed E-state index contributed by atoms with van der Waals surface area (Å²) in [6.45, 7) is 6.24. The van der Waals surface area contributed by atoms with Crippen LogP contribution < -0.4 is 14.8 Å². The van der Waals surface area contributed by atoms with Crippen LogP contribution >= 0.6 is 0 Å². The molecule has 0 spiro atoms. The van der Waals surface area contributed by atoms with E-state index in [1.54, 1.807) is 7.11 Å². The predicted molar refractivity (Wildman–Crippen MR) is 84.0 cm³/mol. The molecule has 0 amide bonds. The SMILES string of the molecule is CCOc1ccc(CNCCCOCC2CC2)cc1OC. The molecule has 1 fully saturated rings. The van der Waals surface area contributed by atoms with Crippen molar-refractivity contribution in [2.24, 2.45) is 5.92 Å². The van der Waals surface area contributed by atoms with Crippen LogP contribution in [0.4, 0.5) is 0 Å². The normalized spacial score (nSPS) is 14.2. The third-order valence-corrected chi connectivity index (χ3v) is 3.55. The van der Waals surface area contributed by atoms with Gasteiger partial charge in [-0.2, -0.15) is 0 Å². The molecule has 4 nitrogen and oxygen atoms in total. The van der Waals surface area contributed by atoms with Crippen LogP contribution in [0.25, 0.3) is 0 Å². The Kier molecular flexibility index (Phi) is 6.83. The summed E-state index contributed by atoms with van der Waals surface area (Å²) in [5.74, 6) is 2.45. The second kappa shape index (κ2) is 8.90. The van der Waals surface area contributed by atoms with E-state index in [0.717, 1.165) is 50.1 Å². The van der Waals surface area contributed by atoms with Crippen molar-refractivity contribution in [2.45, 2.75) is 32.7 Å². The summed E-state index contributed by atoms with van der Waals surface area (Å²) in [4.78, 5) is 0. The van der Waals surface area contributed by atoms with Gasteiger partial charge >= 0.3 is 0 Å². The molecule has 1 aliphatic carbocycles. The van der Waals surface area contributed by atoms with Crippen LogP contribution in [0.2, 0.25) is 0 Å². The van der Waals surface area contributed by atoms with Crippen LogP contribution in [-0.4, -0.2) is 33.5 Å². The van der Waals surface area contributed by atoms with Gasteiger partial charge in [-0.3, -0.25) is 0 Å². The molecular formula is C17H27NO3. The van der Waals surface area contributed by atoms with Gasteiger partial charge in [-0.15, -0.1) is 0 Å². The fraction of sp³-hybridized carbons (Fsp3) is 0.647. The van der Waals surface area contributed by atoms with E-state index in [-0.39, 0.29) is 0 Å². The van der Waals surface area contributed by atoms with E-state index in [2.05, 4.69) is 11.4 Å². The van der Waals surface area contributed by atoms with Crippen molar-refractivity contribution in [1.82, 2.24) is 5.32 Å². The van der Waals surface area contributed by atoms with Gasteiger partial charge in [-0.1, -0.05) is 6.07 Å². The number of hydrogen-bond donors (Lipinski definition) is 1. The molecule has 118 valence electrons. The molecular weight excluding hydrogens is 266 g/mol. The minimum absolute atomic E-state index is 0.648. The maximum atomic E-state index is 5.61. The second-order valence-electron chi connectivity index (χ2n) is 5.47. The van der Waals surface area contributed by atoms with Crippen molar-refractivity contribution in [3.8, 4) is 11.5 Å². The Hall–Kier alpha value is -1.26. The lowest BCUT2D eigenvalue weighted by atomic mass is 10.2. The molecule has 0 heterocycles. The summed E-state index contributed by atoms with van der Waals surface area (Å²) in [7, 11) is 1.67. The highest BCUT2D eigenvalue weighted by Crippen LogP contribution is 2.29. The van der Waals surface area contributed by atoms with E-state index < -0.39 is 0 Å². The van der Waals surface area contributed by atoms with E-state index in [1.807, 2.05) is 19.1 Å². The maximum Gasteiger partial charge on any atom is 0.161 e. The van der Waals surface area contributed by atoms with Gasteiger partial charge < -0.3 is 19.5 Å². The third-order valence-electron chi connectivity index (χ3n) is 3.55. The van der Waals surface area contributed by atoms with Gasteiger partial charge in [0.1, 0.15) is 0 Å². The molecule has 1 aliphatic rings. The lowest BCUT2D eigenvalue weighted by Gasteiger charge is -2.11. The Bertz CT molecular complexity index is 418. The minimum atomic E-state index is 0.648.